The molecule has 0 aromatic heterocycles. The normalized spacial score (nSPS) is 52.7. The minimum Gasteiger partial charge on any atom is -0.481 e. The van der Waals surface area contributed by atoms with Gasteiger partial charge < -0.3 is 29.9 Å². The van der Waals surface area contributed by atoms with E-state index in [0.717, 1.165) is 63.4 Å². The van der Waals surface area contributed by atoms with Crippen LogP contribution in [0.4, 0.5) is 0 Å². The molecule has 0 aromatic carbocycles. The number of aliphatic hydroxyl groups is 3. The van der Waals surface area contributed by atoms with Gasteiger partial charge in [0, 0.05) is 5.92 Å². The van der Waals surface area contributed by atoms with Gasteiger partial charge in [-0.25, -0.2) is 0 Å². The number of Topliss-reactive ketones (excluding diaryl/α,β-unsaturated/α-hetero) is 1. The van der Waals surface area contributed by atoms with Crippen molar-refractivity contribution in [2.75, 3.05) is 0 Å². The quantitative estimate of drug-likeness (QED) is 0.234. The van der Waals surface area contributed by atoms with Gasteiger partial charge in [0.15, 0.2) is 5.78 Å². The highest BCUT2D eigenvalue weighted by molar-refractivity contribution is 5.87. The van der Waals surface area contributed by atoms with Gasteiger partial charge in [-0.1, -0.05) is 46.8 Å². The molecule has 1 aliphatic heterocycles. The van der Waals surface area contributed by atoms with Crippen LogP contribution in [0, 0.1) is 62.6 Å². The van der Waals surface area contributed by atoms with E-state index in [0.29, 0.717) is 18.3 Å². The van der Waals surface area contributed by atoms with Gasteiger partial charge in [-0.3, -0.25) is 14.4 Å². The third-order valence-corrected chi connectivity index (χ3v) is 15.9. The maximum absolute atomic E-state index is 14.1. The molecule has 4 N–H and O–H groups in total. The molecule has 9 nitrogen and oxygen atoms in total. The van der Waals surface area contributed by atoms with Crippen molar-refractivity contribution in [3.8, 4) is 0 Å². The molecular weight excluding hydrogens is 588 g/mol. The second-order valence-corrected chi connectivity index (χ2v) is 17.6. The van der Waals surface area contributed by atoms with E-state index in [-0.39, 0.29) is 46.3 Å². The predicted octanol–water partition coefficient (Wildman–Crippen LogP) is 4.89. The summed E-state index contributed by atoms with van der Waals surface area (Å²) in [6.07, 6.45) is 0.890. The topological polar surface area (TPSA) is 151 Å². The van der Waals surface area contributed by atoms with Crippen LogP contribution in [0.15, 0.2) is 12.2 Å². The van der Waals surface area contributed by atoms with Crippen LogP contribution in [-0.4, -0.2) is 69.4 Å². The molecule has 5 saturated carbocycles. The van der Waals surface area contributed by atoms with E-state index in [1.165, 1.54) is 0 Å². The Morgan fingerprint density at radius 1 is 0.826 bits per heavy atom. The van der Waals surface area contributed by atoms with Crippen LogP contribution in [0.3, 0.4) is 0 Å². The lowest BCUT2D eigenvalue weighted by molar-refractivity contribution is -0.281. The molecular formula is C37H56O9. The number of carboxylic acid groups (broad SMARTS) is 1. The van der Waals surface area contributed by atoms with Crippen LogP contribution in [0.25, 0.3) is 0 Å². The Morgan fingerprint density at radius 2 is 1.52 bits per heavy atom. The molecule has 0 amide bonds. The van der Waals surface area contributed by atoms with E-state index in [1.54, 1.807) is 0 Å². The number of aliphatic hydroxyl groups excluding tert-OH is 3. The third-order valence-electron chi connectivity index (χ3n) is 15.9. The highest BCUT2D eigenvalue weighted by Crippen LogP contribution is 2.78. The first-order valence-electron chi connectivity index (χ1n) is 17.6. The number of carbonyl (C=O) groups is 3. The molecule has 1 saturated heterocycles. The summed E-state index contributed by atoms with van der Waals surface area (Å²) in [6.45, 7) is 18.3. The van der Waals surface area contributed by atoms with Crippen LogP contribution in [-0.2, 0) is 23.9 Å². The molecule has 15 atom stereocenters. The fourth-order valence-electron chi connectivity index (χ4n) is 13.5. The second-order valence-electron chi connectivity index (χ2n) is 17.6. The summed E-state index contributed by atoms with van der Waals surface area (Å²) >= 11 is 0. The number of carbonyl (C=O) groups excluding carboxylic acids is 2. The first-order chi connectivity index (χ1) is 21.4. The minimum absolute atomic E-state index is 0.00692. The van der Waals surface area contributed by atoms with Crippen molar-refractivity contribution in [3.63, 3.8) is 0 Å². The number of ketones is 1. The van der Waals surface area contributed by atoms with Crippen LogP contribution < -0.4 is 0 Å². The highest BCUT2D eigenvalue weighted by Gasteiger charge is 2.72. The molecule has 0 spiro atoms. The van der Waals surface area contributed by atoms with Gasteiger partial charge in [0.1, 0.15) is 24.4 Å². The van der Waals surface area contributed by atoms with E-state index in [9.17, 15) is 34.8 Å². The molecule has 1 heterocycles. The van der Waals surface area contributed by atoms with Crippen LogP contribution in [0.5, 0.6) is 0 Å². The molecule has 0 radical (unpaired) electrons. The SMILES string of the molecule is C=C(C)[C@@H]1CC[C@]2(C(=O)O)CC[C@]3(C)C(CCC4[C@@]5(C)CC[C@@H](C(=O)[C@@H]6OC(OC=O)[C@@H](O)C(O)[C@@H]6O)C(C)(C)C5CC[C@]43C)C12. The molecule has 46 heavy (non-hydrogen) atoms. The van der Waals surface area contributed by atoms with Gasteiger partial charge in [0.05, 0.1) is 5.41 Å². The maximum atomic E-state index is 14.1. The van der Waals surface area contributed by atoms with Gasteiger partial charge in [-0.05, 0) is 122 Å². The number of rotatable bonds is 6. The first kappa shape index (κ1) is 34.1. The lowest BCUT2D eigenvalue weighted by atomic mass is 9.31. The molecule has 0 aromatic rings. The van der Waals surface area contributed by atoms with Gasteiger partial charge in [0.25, 0.3) is 6.47 Å². The average Bonchev–Trinajstić information content (AvgIpc) is 3.39. The Balaban J connectivity index is 1.29. The van der Waals surface area contributed by atoms with E-state index >= 15 is 0 Å². The number of ether oxygens (including phenoxy) is 2. The van der Waals surface area contributed by atoms with E-state index in [1.807, 2.05) is 0 Å². The van der Waals surface area contributed by atoms with E-state index in [4.69, 9.17) is 9.47 Å². The molecule has 5 aliphatic carbocycles. The van der Waals surface area contributed by atoms with Gasteiger partial charge in [0.2, 0.25) is 6.29 Å². The molecule has 6 rings (SSSR count). The number of hydrogen-bond donors (Lipinski definition) is 4. The third kappa shape index (κ3) is 4.36. The summed E-state index contributed by atoms with van der Waals surface area (Å²) in [5, 5.41) is 42.2. The zero-order valence-electron chi connectivity index (χ0n) is 28.5. The predicted molar refractivity (Wildman–Crippen MR) is 169 cm³/mol. The zero-order valence-corrected chi connectivity index (χ0v) is 28.5. The zero-order chi connectivity index (χ0) is 33.8. The van der Waals surface area contributed by atoms with Crippen molar-refractivity contribution in [2.45, 2.75) is 136 Å². The van der Waals surface area contributed by atoms with Crippen molar-refractivity contribution in [3.05, 3.63) is 12.2 Å². The minimum atomic E-state index is -1.68. The molecule has 6 unspecified atom stereocenters. The fraction of sp³-hybridized carbons (Fsp3) is 0.865. The Bertz CT molecular complexity index is 1280. The molecule has 0 bridgehead atoms. The van der Waals surface area contributed by atoms with Crippen LogP contribution in [0.2, 0.25) is 0 Å². The van der Waals surface area contributed by atoms with E-state index < -0.39 is 53.4 Å². The van der Waals surface area contributed by atoms with Gasteiger partial charge in [-0.15, -0.1) is 0 Å². The van der Waals surface area contributed by atoms with E-state index in [2.05, 4.69) is 48.1 Å². The second kappa shape index (κ2) is 11.1. The lowest BCUT2D eigenvalue weighted by Gasteiger charge is -2.73. The number of hydrogen-bond acceptors (Lipinski definition) is 8. The van der Waals surface area contributed by atoms with Gasteiger partial charge in [-0.2, -0.15) is 0 Å². The Hall–Kier alpha value is -1.81. The highest BCUT2D eigenvalue weighted by atomic mass is 16.7. The van der Waals surface area contributed by atoms with Crippen molar-refractivity contribution >= 4 is 18.2 Å². The molecule has 6 fully saturated rings. The largest absolute Gasteiger partial charge is 0.481 e. The smallest absolute Gasteiger partial charge is 0.309 e. The monoisotopic (exact) mass is 644 g/mol. The lowest BCUT2D eigenvalue weighted by Crippen LogP contribution is -2.67. The van der Waals surface area contributed by atoms with Crippen molar-refractivity contribution in [2.24, 2.45) is 62.6 Å². The summed E-state index contributed by atoms with van der Waals surface area (Å²) in [6, 6.07) is 0. The fourth-order valence-corrected chi connectivity index (χ4v) is 13.5. The summed E-state index contributed by atoms with van der Waals surface area (Å²) in [5.41, 5.74) is 0.0512. The summed E-state index contributed by atoms with van der Waals surface area (Å²) in [4.78, 5) is 38.1. The molecule has 258 valence electrons. The van der Waals surface area contributed by atoms with Crippen LogP contribution >= 0.6 is 0 Å². The average molecular weight is 645 g/mol. The Kier molecular flexibility index (Phi) is 8.23. The number of aliphatic carboxylic acids is 1. The van der Waals surface area contributed by atoms with Crippen molar-refractivity contribution in [1.82, 2.24) is 0 Å². The summed E-state index contributed by atoms with van der Waals surface area (Å²) in [7, 11) is 0. The number of allylic oxidation sites excluding steroid dienone is 1. The summed E-state index contributed by atoms with van der Waals surface area (Å²) < 4.78 is 10.4. The Labute approximate surface area is 273 Å². The first-order valence-corrected chi connectivity index (χ1v) is 17.6. The number of carboxylic acids is 1. The van der Waals surface area contributed by atoms with Crippen molar-refractivity contribution < 1.29 is 44.3 Å². The molecule has 6 aliphatic rings. The van der Waals surface area contributed by atoms with Crippen LogP contribution in [0.1, 0.15) is 106 Å². The maximum Gasteiger partial charge on any atom is 0.309 e. The number of fused-ring (bicyclic) bond motifs is 7. The Morgan fingerprint density at radius 3 is 2.15 bits per heavy atom. The molecule has 9 heteroatoms. The van der Waals surface area contributed by atoms with Gasteiger partial charge >= 0.3 is 5.97 Å². The summed E-state index contributed by atoms with van der Waals surface area (Å²) in [5.74, 6) is -0.0123. The van der Waals surface area contributed by atoms with Crippen molar-refractivity contribution in [1.29, 1.82) is 0 Å². The standard InChI is InChI=1S/C37H56O9/c1-19(2)20-10-15-37(32(43)44)17-16-35(6)21(25(20)37)8-9-24-34(5)13-11-22(33(3,4)23(34)12-14-36(24,35)7)26(39)30-28(41)27(40)29(42)31(46-30)45-18-38/h18,20-25,27-31,40-42H,1,8-17H2,2-7H3,(H,43,44)/t20-,21?,22-,23?,24?,25?,27?,28-,29-,30-,31?,34-,35+,36+,37-/m0/s1.